The van der Waals surface area contributed by atoms with Gasteiger partial charge in [0.25, 0.3) is 0 Å². The van der Waals surface area contributed by atoms with Gasteiger partial charge in [0.05, 0.1) is 18.5 Å². The van der Waals surface area contributed by atoms with E-state index >= 15 is 0 Å². The summed E-state index contributed by atoms with van der Waals surface area (Å²) in [5, 5.41) is 4.11. The first kappa shape index (κ1) is 22.9. The average molecular weight is 431 g/mol. The molecular formula is C19H31ClN4O3S. The number of nitrogens with one attached hydrogen (secondary N) is 1. The van der Waals surface area contributed by atoms with Gasteiger partial charge >= 0.3 is 0 Å². The lowest BCUT2D eigenvalue weighted by atomic mass is 10.1. The monoisotopic (exact) mass is 430 g/mol. The molecule has 0 saturated carbocycles. The third kappa shape index (κ3) is 6.92. The summed E-state index contributed by atoms with van der Waals surface area (Å²) < 4.78 is 31.8. The summed E-state index contributed by atoms with van der Waals surface area (Å²) in [5.74, 6) is 0.808. The Morgan fingerprint density at radius 2 is 1.93 bits per heavy atom. The molecule has 1 heterocycles. The van der Waals surface area contributed by atoms with E-state index in [0.29, 0.717) is 32.7 Å². The zero-order chi connectivity index (χ0) is 20.6. The first-order chi connectivity index (χ1) is 13.3. The van der Waals surface area contributed by atoms with Crippen LogP contribution in [0, 0.1) is 0 Å². The average Bonchev–Trinajstić information content (AvgIpc) is 2.66. The molecule has 9 heteroatoms. The van der Waals surface area contributed by atoms with Crippen LogP contribution in [0.1, 0.15) is 19.4 Å². The summed E-state index contributed by atoms with van der Waals surface area (Å²) in [7, 11) is -1.55. The SMILES string of the molecule is CN=C(NCCc1ccccc1Cl)N1CCN(S(=O)(=O)CCOC(C)C)CC1. The minimum atomic E-state index is -3.29. The predicted molar refractivity (Wildman–Crippen MR) is 115 cm³/mol. The molecule has 2 rings (SSSR count). The maximum atomic E-state index is 12.4. The third-order valence-electron chi connectivity index (χ3n) is 4.57. The van der Waals surface area contributed by atoms with E-state index in [1.807, 2.05) is 38.1 Å². The smallest absolute Gasteiger partial charge is 0.216 e. The van der Waals surface area contributed by atoms with E-state index in [9.17, 15) is 8.42 Å². The van der Waals surface area contributed by atoms with Crippen LogP contribution < -0.4 is 5.32 Å². The lowest BCUT2D eigenvalue weighted by molar-refractivity contribution is 0.0904. The summed E-state index contributed by atoms with van der Waals surface area (Å²) in [6.07, 6.45) is 0.829. The van der Waals surface area contributed by atoms with Crippen molar-refractivity contribution in [2.75, 3.05) is 52.1 Å². The summed E-state index contributed by atoms with van der Waals surface area (Å²) in [5.41, 5.74) is 1.09. The summed E-state index contributed by atoms with van der Waals surface area (Å²) >= 11 is 6.19. The highest BCUT2D eigenvalue weighted by molar-refractivity contribution is 7.89. The number of rotatable bonds is 8. The Kier molecular flexibility index (Phi) is 9.01. The largest absolute Gasteiger partial charge is 0.378 e. The normalized spacial score (nSPS) is 16.6. The second-order valence-electron chi connectivity index (χ2n) is 6.94. The maximum Gasteiger partial charge on any atom is 0.216 e. The molecule has 0 bridgehead atoms. The van der Waals surface area contributed by atoms with Crippen molar-refractivity contribution < 1.29 is 13.2 Å². The van der Waals surface area contributed by atoms with Crippen LogP contribution in [0.5, 0.6) is 0 Å². The van der Waals surface area contributed by atoms with Gasteiger partial charge in [0, 0.05) is 44.8 Å². The van der Waals surface area contributed by atoms with Gasteiger partial charge in [-0.25, -0.2) is 8.42 Å². The number of halogens is 1. The van der Waals surface area contributed by atoms with Crippen LogP contribution in [0.4, 0.5) is 0 Å². The van der Waals surface area contributed by atoms with Gasteiger partial charge < -0.3 is 15.0 Å². The molecule has 1 fully saturated rings. The molecule has 0 amide bonds. The Morgan fingerprint density at radius 1 is 1.25 bits per heavy atom. The molecule has 1 aromatic rings. The second-order valence-corrected chi connectivity index (χ2v) is 9.43. The number of piperazine rings is 1. The lowest BCUT2D eigenvalue weighted by Crippen LogP contribution is -2.54. The Morgan fingerprint density at radius 3 is 2.54 bits per heavy atom. The van der Waals surface area contributed by atoms with Gasteiger partial charge in [0.2, 0.25) is 10.0 Å². The van der Waals surface area contributed by atoms with Crippen molar-refractivity contribution in [2.24, 2.45) is 4.99 Å². The van der Waals surface area contributed by atoms with E-state index in [4.69, 9.17) is 16.3 Å². The highest BCUT2D eigenvalue weighted by atomic mass is 35.5. The topological polar surface area (TPSA) is 74.2 Å². The molecule has 0 atom stereocenters. The molecule has 1 N–H and O–H groups in total. The molecule has 0 unspecified atom stereocenters. The van der Waals surface area contributed by atoms with Crippen molar-refractivity contribution in [3.05, 3.63) is 34.9 Å². The summed E-state index contributed by atoms with van der Waals surface area (Å²) in [6, 6.07) is 7.79. The molecule has 0 spiro atoms. The van der Waals surface area contributed by atoms with E-state index in [1.165, 1.54) is 0 Å². The second kappa shape index (κ2) is 11.0. The molecule has 1 aliphatic heterocycles. The van der Waals surface area contributed by atoms with E-state index in [1.54, 1.807) is 11.4 Å². The highest BCUT2D eigenvalue weighted by Gasteiger charge is 2.27. The van der Waals surface area contributed by atoms with E-state index in [0.717, 1.165) is 23.0 Å². The van der Waals surface area contributed by atoms with Gasteiger partial charge in [-0.15, -0.1) is 0 Å². The van der Waals surface area contributed by atoms with Crippen LogP contribution in [0.3, 0.4) is 0 Å². The van der Waals surface area contributed by atoms with Crippen molar-refractivity contribution in [1.82, 2.24) is 14.5 Å². The van der Waals surface area contributed by atoms with Gasteiger partial charge in [-0.1, -0.05) is 29.8 Å². The van der Waals surface area contributed by atoms with Gasteiger partial charge in [-0.05, 0) is 31.9 Å². The number of hydrogen-bond acceptors (Lipinski definition) is 4. The fourth-order valence-electron chi connectivity index (χ4n) is 3.04. The minimum absolute atomic E-state index is 0.0238. The summed E-state index contributed by atoms with van der Waals surface area (Å²) in [6.45, 7) is 6.86. The third-order valence-corrected chi connectivity index (χ3v) is 6.77. The Hall–Kier alpha value is -1.35. The number of sulfonamides is 1. The van der Waals surface area contributed by atoms with Crippen molar-refractivity contribution in [2.45, 2.75) is 26.4 Å². The molecule has 1 saturated heterocycles. The standard InChI is InChI=1S/C19H31ClN4O3S/c1-16(2)27-14-15-28(25,26)24-12-10-23(11-13-24)19(21-3)22-9-8-17-6-4-5-7-18(17)20/h4-7,16H,8-15H2,1-3H3,(H,21,22). The highest BCUT2D eigenvalue weighted by Crippen LogP contribution is 2.15. The zero-order valence-corrected chi connectivity index (χ0v) is 18.5. The van der Waals surface area contributed by atoms with E-state index in [2.05, 4.69) is 15.2 Å². The molecular weight excluding hydrogens is 400 g/mol. The summed E-state index contributed by atoms with van der Waals surface area (Å²) in [4.78, 5) is 6.42. The fourth-order valence-corrected chi connectivity index (χ4v) is 4.55. The molecule has 28 heavy (non-hydrogen) atoms. The molecule has 1 aromatic carbocycles. The van der Waals surface area contributed by atoms with E-state index < -0.39 is 10.0 Å². The molecule has 1 aliphatic rings. The van der Waals surface area contributed by atoms with Crippen LogP contribution in [-0.2, 0) is 21.2 Å². The van der Waals surface area contributed by atoms with Crippen LogP contribution in [0.25, 0.3) is 0 Å². The van der Waals surface area contributed by atoms with E-state index in [-0.39, 0.29) is 18.5 Å². The van der Waals surface area contributed by atoms with Crippen LogP contribution in [-0.4, -0.2) is 81.8 Å². The predicted octanol–water partition coefficient (Wildman–Crippen LogP) is 1.83. The molecule has 158 valence electrons. The van der Waals surface area contributed by atoms with Crippen molar-refractivity contribution in [3.63, 3.8) is 0 Å². The van der Waals surface area contributed by atoms with Crippen molar-refractivity contribution in [3.8, 4) is 0 Å². The Balaban J connectivity index is 1.79. The Bertz CT molecular complexity index is 747. The number of aliphatic imine (C=N–C) groups is 1. The molecule has 7 nitrogen and oxygen atoms in total. The van der Waals surface area contributed by atoms with Crippen LogP contribution >= 0.6 is 11.6 Å². The molecule has 0 aromatic heterocycles. The van der Waals surface area contributed by atoms with Crippen LogP contribution in [0.15, 0.2) is 29.3 Å². The van der Waals surface area contributed by atoms with Gasteiger partial charge in [-0.3, -0.25) is 4.99 Å². The number of hydrogen-bond donors (Lipinski definition) is 1. The van der Waals surface area contributed by atoms with Crippen LogP contribution in [0.2, 0.25) is 5.02 Å². The molecule has 0 radical (unpaired) electrons. The first-order valence-corrected chi connectivity index (χ1v) is 11.6. The van der Waals surface area contributed by atoms with Gasteiger partial charge in [0.15, 0.2) is 5.96 Å². The van der Waals surface area contributed by atoms with Gasteiger partial charge in [-0.2, -0.15) is 4.31 Å². The maximum absolute atomic E-state index is 12.4. The van der Waals surface area contributed by atoms with Gasteiger partial charge in [0.1, 0.15) is 0 Å². The fraction of sp³-hybridized carbons (Fsp3) is 0.632. The zero-order valence-electron chi connectivity index (χ0n) is 16.9. The lowest BCUT2D eigenvalue weighted by Gasteiger charge is -2.35. The van der Waals surface area contributed by atoms with Crippen molar-refractivity contribution in [1.29, 1.82) is 0 Å². The van der Waals surface area contributed by atoms with Crippen molar-refractivity contribution >= 4 is 27.6 Å². The Labute approximate surface area is 173 Å². The quantitative estimate of drug-likeness (QED) is 0.503. The number of nitrogens with zero attached hydrogens (tertiary/aromatic N) is 3. The number of ether oxygens (including phenoxy) is 1. The first-order valence-electron chi connectivity index (χ1n) is 9.62. The minimum Gasteiger partial charge on any atom is -0.378 e. The number of guanidine groups is 1. The number of benzene rings is 1. The molecule has 0 aliphatic carbocycles.